The number of carbonyl (C=O) groups excluding carboxylic acids is 1. The monoisotopic (exact) mass is 250 g/mol. The first kappa shape index (κ1) is 13.3. The topological polar surface area (TPSA) is 55.1 Å². The highest BCUT2D eigenvalue weighted by molar-refractivity contribution is 5.96. The van der Waals surface area contributed by atoms with E-state index in [4.69, 9.17) is 5.73 Å². The van der Waals surface area contributed by atoms with Gasteiger partial charge in [-0.25, -0.2) is 4.39 Å². The van der Waals surface area contributed by atoms with Crippen LogP contribution in [0.5, 0.6) is 0 Å². The molecule has 0 bridgehead atoms. The third kappa shape index (κ3) is 3.33. The van der Waals surface area contributed by atoms with Gasteiger partial charge in [-0.15, -0.1) is 0 Å². The lowest BCUT2D eigenvalue weighted by atomic mass is 10.1. The molecule has 3 N–H and O–H groups in total. The van der Waals surface area contributed by atoms with Crippen LogP contribution in [-0.4, -0.2) is 18.6 Å². The van der Waals surface area contributed by atoms with Crippen molar-refractivity contribution in [3.05, 3.63) is 29.1 Å². The fourth-order valence-electron chi connectivity index (χ4n) is 1.37. The molecule has 0 atom stereocenters. The molecule has 7 heteroatoms. The zero-order valence-electron chi connectivity index (χ0n) is 8.86. The van der Waals surface area contributed by atoms with Crippen molar-refractivity contribution in [1.29, 1.82) is 0 Å². The van der Waals surface area contributed by atoms with Gasteiger partial charge >= 0.3 is 6.18 Å². The minimum atomic E-state index is -4.40. The van der Waals surface area contributed by atoms with Gasteiger partial charge in [-0.05, 0) is 24.6 Å². The van der Waals surface area contributed by atoms with Crippen molar-refractivity contribution in [2.24, 2.45) is 5.73 Å². The quantitative estimate of drug-likeness (QED) is 0.808. The summed E-state index contributed by atoms with van der Waals surface area (Å²) in [6.45, 7) is 0.0551. The summed E-state index contributed by atoms with van der Waals surface area (Å²) < 4.78 is 49.2. The predicted octanol–water partition coefficient (Wildman–Crippen LogP) is 2.21. The molecule has 3 nitrogen and oxygen atoms in total. The fourth-order valence-corrected chi connectivity index (χ4v) is 1.37. The summed E-state index contributed by atoms with van der Waals surface area (Å²) in [5, 5.41) is 2.08. The van der Waals surface area contributed by atoms with Crippen LogP contribution in [0.1, 0.15) is 15.9 Å². The molecule has 0 aliphatic carbocycles. The van der Waals surface area contributed by atoms with E-state index in [-0.39, 0.29) is 11.3 Å². The summed E-state index contributed by atoms with van der Waals surface area (Å²) in [6, 6.07) is 2.02. The van der Waals surface area contributed by atoms with Crippen molar-refractivity contribution in [3.63, 3.8) is 0 Å². The number of alkyl halides is 3. The molecule has 0 fully saturated rings. The Hall–Kier alpha value is -1.79. The maximum absolute atomic E-state index is 13.2. The Labute approximate surface area is 94.6 Å². The maximum atomic E-state index is 13.2. The number of hydrogen-bond acceptors (Lipinski definition) is 2. The van der Waals surface area contributed by atoms with Gasteiger partial charge in [0.05, 0.1) is 5.56 Å². The molecule has 0 aliphatic heterocycles. The summed E-state index contributed by atoms with van der Waals surface area (Å²) in [5.41, 5.74) is 4.61. The summed E-state index contributed by atoms with van der Waals surface area (Å²) in [6.07, 6.45) is -4.40. The molecule has 0 saturated heterocycles. The van der Waals surface area contributed by atoms with E-state index < -0.39 is 30.0 Å². The van der Waals surface area contributed by atoms with E-state index in [1.54, 1.807) is 0 Å². The van der Waals surface area contributed by atoms with E-state index in [1.807, 2.05) is 0 Å². The lowest BCUT2D eigenvalue weighted by molar-refractivity contribution is -0.115. The Balaban J connectivity index is 3.03. The molecule has 17 heavy (non-hydrogen) atoms. The van der Waals surface area contributed by atoms with Crippen LogP contribution in [0.15, 0.2) is 12.1 Å². The van der Waals surface area contributed by atoms with Gasteiger partial charge in [-0.2, -0.15) is 13.2 Å². The van der Waals surface area contributed by atoms with Gasteiger partial charge in [0.2, 0.25) is 0 Å². The lowest BCUT2D eigenvalue weighted by Gasteiger charge is -2.13. The Bertz CT molecular complexity index is 443. The summed E-state index contributed by atoms with van der Waals surface area (Å²) in [4.78, 5) is 10.9. The standard InChI is InChI=1S/C10H10F4N2O/c1-5-7(16-4-10(12,13)14)3-2-6(11)8(5)9(15)17/h2-3,16H,4H2,1H3,(H2,15,17). The molecular weight excluding hydrogens is 240 g/mol. The van der Waals surface area contributed by atoms with Gasteiger partial charge in [0.25, 0.3) is 5.91 Å². The minimum absolute atomic E-state index is 0.0255. The third-order valence-corrected chi connectivity index (χ3v) is 2.14. The Kier molecular flexibility index (Phi) is 3.59. The van der Waals surface area contributed by atoms with Gasteiger partial charge in [-0.3, -0.25) is 4.79 Å². The van der Waals surface area contributed by atoms with Crippen LogP contribution in [0.2, 0.25) is 0 Å². The molecule has 1 rings (SSSR count). The van der Waals surface area contributed by atoms with Crippen molar-refractivity contribution >= 4 is 11.6 Å². The number of nitrogens with one attached hydrogen (secondary N) is 1. The molecule has 0 aromatic heterocycles. The van der Waals surface area contributed by atoms with E-state index >= 15 is 0 Å². The van der Waals surface area contributed by atoms with Crippen molar-refractivity contribution in [2.45, 2.75) is 13.1 Å². The molecule has 0 heterocycles. The molecular formula is C10H10F4N2O. The number of benzene rings is 1. The highest BCUT2D eigenvalue weighted by Gasteiger charge is 2.27. The number of amides is 1. The SMILES string of the molecule is Cc1c(NCC(F)(F)F)ccc(F)c1C(N)=O. The van der Waals surface area contributed by atoms with Crippen LogP contribution >= 0.6 is 0 Å². The molecule has 0 aliphatic rings. The Morgan fingerprint density at radius 1 is 1.41 bits per heavy atom. The van der Waals surface area contributed by atoms with Gasteiger partial charge in [0, 0.05) is 5.69 Å². The zero-order chi connectivity index (χ0) is 13.2. The fraction of sp³-hybridized carbons (Fsp3) is 0.300. The molecule has 0 radical (unpaired) electrons. The normalized spacial score (nSPS) is 11.4. The van der Waals surface area contributed by atoms with Crippen molar-refractivity contribution in [1.82, 2.24) is 0 Å². The second-order valence-electron chi connectivity index (χ2n) is 3.43. The van der Waals surface area contributed by atoms with Crippen LogP contribution in [0.25, 0.3) is 0 Å². The number of hydrogen-bond donors (Lipinski definition) is 2. The highest BCUT2D eigenvalue weighted by Crippen LogP contribution is 2.23. The van der Waals surface area contributed by atoms with Crippen LogP contribution in [0.3, 0.4) is 0 Å². The summed E-state index contributed by atoms with van der Waals surface area (Å²) in [7, 11) is 0. The number of carbonyl (C=O) groups is 1. The average molecular weight is 250 g/mol. The van der Waals surface area contributed by atoms with Gasteiger partial charge < -0.3 is 11.1 Å². The second kappa shape index (κ2) is 4.60. The first-order valence-electron chi connectivity index (χ1n) is 4.62. The van der Waals surface area contributed by atoms with E-state index in [0.717, 1.165) is 12.1 Å². The molecule has 1 amide bonds. The maximum Gasteiger partial charge on any atom is 0.405 e. The zero-order valence-corrected chi connectivity index (χ0v) is 8.86. The summed E-state index contributed by atoms with van der Waals surface area (Å²) in [5.74, 6) is -1.87. The first-order valence-corrected chi connectivity index (χ1v) is 4.62. The highest BCUT2D eigenvalue weighted by atomic mass is 19.4. The number of halogens is 4. The number of nitrogens with two attached hydrogens (primary N) is 1. The van der Waals surface area contributed by atoms with Crippen molar-refractivity contribution < 1.29 is 22.4 Å². The molecule has 0 unspecified atom stereocenters. The minimum Gasteiger partial charge on any atom is -0.376 e. The van der Waals surface area contributed by atoms with Gasteiger partial charge in [-0.1, -0.05) is 0 Å². The smallest absolute Gasteiger partial charge is 0.376 e. The molecule has 0 spiro atoms. The Morgan fingerprint density at radius 2 is 2.00 bits per heavy atom. The van der Waals surface area contributed by atoms with E-state index in [1.165, 1.54) is 6.92 Å². The van der Waals surface area contributed by atoms with E-state index in [0.29, 0.717) is 0 Å². The van der Waals surface area contributed by atoms with Gasteiger partial charge in [0.1, 0.15) is 12.4 Å². The van der Waals surface area contributed by atoms with Crippen molar-refractivity contribution in [2.75, 3.05) is 11.9 Å². The van der Waals surface area contributed by atoms with Crippen LogP contribution in [-0.2, 0) is 0 Å². The number of primary amides is 1. The van der Waals surface area contributed by atoms with Crippen LogP contribution in [0, 0.1) is 12.7 Å². The molecule has 1 aromatic rings. The van der Waals surface area contributed by atoms with Crippen LogP contribution in [0.4, 0.5) is 23.2 Å². The van der Waals surface area contributed by atoms with Gasteiger partial charge in [0.15, 0.2) is 0 Å². The summed E-state index contributed by atoms with van der Waals surface area (Å²) >= 11 is 0. The lowest BCUT2D eigenvalue weighted by Crippen LogP contribution is -2.23. The van der Waals surface area contributed by atoms with E-state index in [2.05, 4.69) is 5.32 Å². The molecule has 0 saturated carbocycles. The first-order chi connectivity index (χ1) is 7.72. The third-order valence-electron chi connectivity index (χ3n) is 2.14. The largest absolute Gasteiger partial charge is 0.405 e. The number of rotatable bonds is 3. The molecule has 1 aromatic carbocycles. The predicted molar refractivity (Wildman–Crippen MR) is 54.2 cm³/mol. The second-order valence-corrected chi connectivity index (χ2v) is 3.43. The molecule has 94 valence electrons. The van der Waals surface area contributed by atoms with E-state index in [9.17, 15) is 22.4 Å². The average Bonchev–Trinajstić information content (AvgIpc) is 2.14. The van der Waals surface area contributed by atoms with Crippen molar-refractivity contribution in [3.8, 4) is 0 Å². The number of anilines is 1. The van der Waals surface area contributed by atoms with Crippen LogP contribution < -0.4 is 11.1 Å². The Morgan fingerprint density at radius 3 is 2.47 bits per heavy atom.